The van der Waals surface area contributed by atoms with E-state index in [-0.39, 0.29) is 51.7 Å². The highest BCUT2D eigenvalue weighted by Crippen LogP contribution is 2.46. The third kappa shape index (κ3) is 16.9. The molecule has 29 nitrogen and oxygen atoms in total. The molecule has 6 N–H and O–H groups in total. The van der Waals surface area contributed by atoms with Crippen LogP contribution in [-0.4, -0.2) is 196 Å². The van der Waals surface area contributed by atoms with Crippen LogP contribution in [0.1, 0.15) is 0 Å². The van der Waals surface area contributed by atoms with E-state index in [4.69, 9.17) is 58.0 Å². The quantitative estimate of drug-likeness (QED) is 0.0809. The number of amides is 6. The Balaban J connectivity index is 0.000000130. The second-order valence-electron chi connectivity index (χ2n) is 27.0. The van der Waals surface area contributed by atoms with E-state index in [0.29, 0.717) is 124 Å². The number of ether oxygens (including phenoxy) is 3. The molecule has 6 aliphatic heterocycles. The molecule has 588 valence electrons. The molecule has 0 aliphatic carbocycles. The fourth-order valence-electron chi connectivity index (χ4n) is 13.9. The summed E-state index contributed by atoms with van der Waals surface area (Å²) in [6, 6.07) is 45.0. The van der Waals surface area contributed by atoms with Crippen LogP contribution in [0, 0.1) is 11.6 Å². The first-order valence-corrected chi connectivity index (χ1v) is 41.4. The number of carbonyl (C=O) groups is 3. The van der Waals surface area contributed by atoms with Gasteiger partial charge in [-0.25, -0.2) is 76.4 Å². The molecular weight excluding hydrogens is 1570 g/mol. The van der Waals surface area contributed by atoms with Crippen LogP contribution in [0.15, 0.2) is 181 Å². The van der Waals surface area contributed by atoms with E-state index in [2.05, 4.69) is 44.6 Å². The van der Waals surface area contributed by atoms with Crippen LogP contribution in [-0.2, 0) is 24.0 Å². The Morgan fingerprint density at radius 1 is 0.383 bits per heavy atom. The van der Waals surface area contributed by atoms with Crippen LogP contribution >= 0.6 is 45.6 Å². The minimum atomic E-state index is -3.32. The molecule has 6 aromatic carbocycles. The maximum absolute atomic E-state index is 13.7. The molecule has 115 heavy (non-hydrogen) atoms. The number of sulfone groups is 1. The molecule has 6 fully saturated rings. The van der Waals surface area contributed by atoms with Gasteiger partial charge in [0.1, 0.15) is 28.7 Å². The smallest absolute Gasteiger partial charge is 0.329 e. The number of nitrogens with two attached hydrogens (primary N) is 3. The van der Waals surface area contributed by atoms with Crippen molar-refractivity contribution in [1.29, 1.82) is 0 Å². The number of halogens is 3. The number of aromatic nitrogens is 9. The number of hydrogen-bond donors (Lipinski definition) is 3. The second-order valence-corrected chi connectivity index (χ2v) is 32.3. The molecule has 12 aromatic rings. The molecule has 12 heterocycles. The van der Waals surface area contributed by atoms with E-state index in [0.717, 1.165) is 115 Å². The Labute approximate surface area is 676 Å². The van der Waals surface area contributed by atoms with Gasteiger partial charge >= 0.3 is 18.1 Å². The highest BCUT2D eigenvalue weighted by atomic mass is 35.5. The van der Waals surface area contributed by atoms with Crippen molar-refractivity contribution in [3.05, 3.63) is 193 Å². The number of morpholine rings is 3. The van der Waals surface area contributed by atoms with Crippen LogP contribution in [0.2, 0.25) is 5.02 Å². The number of nitrogen functional groups attached to an aromatic ring is 3. The average molecular weight is 1650 g/mol. The van der Waals surface area contributed by atoms with Gasteiger partial charge in [0, 0.05) is 138 Å². The molecule has 6 aliphatic rings. The van der Waals surface area contributed by atoms with E-state index < -0.39 is 15.7 Å². The first-order valence-electron chi connectivity index (χ1n) is 36.7. The van der Waals surface area contributed by atoms with Crippen molar-refractivity contribution in [2.24, 2.45) is 0 Å². The second kappa shape index (κ2) is 33.6. The van der Waals surface area contributed by atoms with Gasteiger partial charge in [-0.1, -0.05) is 82.0 Å². The average Bonchev–Trinajstić information content (AvgIpc) is 1.64. The largest absolute Gasteiger partial charge is 0.378 e. The third-order valence-electron chi connectivity index (χ3n) is 19.7. The van der Waals surface area contributed by atoms with E-state index in [9.17, 15) is 31.6 Å². The molecule has 0 saturated carbocycles. The minimum absolute atomic E-state index is 0.0186. The number of rotatable bonds is 16. The molecule has 0 atom stereocenters. The highest BCUT2D eigenvalue weighted by Gasteiger charge is 2.36. The van der Waals surface area contributed by atoms with Gasteiger partial charge in [0.2, 0.25) is 17.8 Å². The third-order valence-corrected chi connectivity index (χ3v) is 24.6. The van der Waals surface area contributed by atoms with Crippen molar-refractivity contribution < 1.29 is 45.8 Å². The topological polar surface area (TPSA) is 336 Å². The monoisotopic (exact) mass is 1650 g/mol. The number of urea groups is 3. The van der Waals surface area contributed by atoms with Gasteiger partial charge < -0.3 is 46.1 Å². The molecule has 6 saturated heterocycles. The Morgan fingerprint density at radius 2 is 0.687 bits per heavy atom. The predicted molar refractivity (Wildman–Crippen MR) is 446 cm³/mol. The lowest BCUT2D eigenvalue weighted by Gasteiger charge is -2.26. The lowest BCUT2D eigenvalue weighted by molar-refractivity contribution is 0.122. The number of nitrogens with zero attached hydrogens (tertiary/aromatic N) is 18. The Hall–Kier alpha value is -12.0. The maximum Gasteiger partial charge on any atom is 0.329 e. The van der Waals surface area contributed by atoms with Crippen LogP contribution < -0.4 is 61.3 Å². The SMILES string of the molecule is CS(=O)(=O)c1ccc(N2CCN(c3cccc(-c4sc(N5CCOCC5)nc4-c4ccnc(N)n4)c3)C2=O)cc1.Nc1nccc(-c2nc(N3CCOCC3)sc2-c2cccc(N3CCN(c4ccc(F)c(Cl)c4)C3=O)c2)n1.Nc1nccc(-c2nc(N3CCOCC3)sc2-c2cccc(N3CCN(c4ccc(F)cc4)C3=O)c2)n1. The molecule has 36 heteroatoms. The fourth-order valence-corrected chi connectivity index (χ4v) is 18.0. The molecule has 0 spiro atoms. The zero-order valence-corrected chi connectivity index (χ0v) is 65.8. The zero-order valence-electron chi connectivity index (χ0n) is 61.8. The number of carbonyl (C=O) groups excluding carboxylic acids is 3. The molecule has 6 amide bonds. The zero-order chi connectivity index (χ0) is 79.4. The summed E-state index contributed by atoms with van der Waals surface area (Å²) in [7, 11) is -3.32. The lowest BCUT2D eigenvalue weighted by Crippen LogP contribution is -2.36. The minimum Gasteiger partial charge on any atom is -0.378 e. The molecule has 6 aromatic heterocycles. The van der Waals surface area contributed by atoms with Crippen LogP contribution in [0.25, 0.3) is 65.5 Å². The van der Waals surface area contributed by atoms with Crippen molar-refractivity contribution in [1.82, 2.24) is 44.9 Å². The van der Waals surface area contributed by atoms with Gasteiger partial charge in [-0.2, -0.15) is 0 Å². The summed E-state index contributed by atoms with van der Waals surface area (Å²) in [5.74, 6) is -0.324. The molecule has 0 unspecified atom stereocenters. The van der Waals surface area contributed by atoms with Crippen LogP contribution in [0.5, 0.6) is 0 Å². The lowest BCUT2D eigenvalue weighted by atomic mass is 10.1. The Bertz CT molecular complexity index is 5720. The summed E-state index contributed by atoms with van der Waals surface area (Å²) in [4.78, 5) is 99.9. The van der Waals surface area contributed by atoms with Crippen molar-refractivity contribution in [3.63, 3.8) is 0 Å². The summed E-state index contributed by atoms with van der Waals surface area (Å²) in [5, 5.41) is 2.61. The number of benzene rings is 6. The standard InChI is InChI=1S/C27H27N7O4S2.C26H23ClFN7O2S.C26H24FN7O2S/c1-40(36,37)21-7-5-19(6-8-21)33-11-12-34(27(33)35)20-4-2-3-18(17-20)24-23(22-9-10-29-25(28)30-22)31-26(39-24)32-13-15-38-16-14-32;27-19-15-18(4-5-20(19)28)35-9-8-34(26(35)36)17-3-1-2-16(14-17)23-22(21-6-7-30-24(29)31-21)32-25(38-23)33-10-12-37-13-11-33;27-18-4-6-19(7-5-18)33-10-11-34(26(33)35)20-3-1-2-17(16-20)23-22(21-8-9-29-24(28)30-21)31-25(37-23)32-12-14-36-15-13-32/h2-10,17H,11-16H2,1H3,(H2,28,29,30);1-7,14-15H,8-13H2,(H2,29,30,31);1-9,16H,10-15H2,(H2,28,29,30). The molecular formula is C79H74ClF2N21O8S4. The van der Waals surface area contributed by atoms with Crippen LogP contribution in [0.4, 0.5) is 90.5 Å². The van der Waals surface area contributed by atoms with E-state index in [1.165, 1.54) is 36.4 Å². The molecule has 0 radical (unpaired) electrons. The Morgan fingerprint density at radius 3 is 1.00 bits per heavy atom. The maximum atomic E-state index is 13.7. The summed E-state index contributed by atoms with van der Waals surface area (Å²) >= 11 is 10.7. The first-order chi connectivity index (χ1) is 55.8. The summed E-state index contributed by atoms with van der Waals surface area (Å²) < 4.78 is 67.2. The number of hydrogen-bond acceptors (Lipinski definition) is 26. The fraction of sp³-hybridized carbons (Fsp3) is 0.241. The summed E-state index contributed by atoms with van der Waals surface area (Å²) in [6.07, 6.45) is 6.02. The van der Waals surface area contributed by atoms with Gasteiger partial charge in [0.25, 0.3) is 0 Å². The van der Waals surface area contributed by atoms with Crippen LogP contribution in [0.3, 0.4) is 0 Å². The summed E-state index contributed by atoms with van der Waals surface area (Å²) in [5.41, 5.74) is 28.6. The van der Waals surface area contributed by atoms with Crippen molar-refractivity contribution >= 4 is 141 Å². The molecule has 18 rings (SSSR count). The van der Waals surface area contributed by atoms with Gasteiger partial charge in [-0.15, -0.1) is 0 Å². The van der Waals surface area contributed by atoms with E-state index in [1.54, 1.807) is 131 Å². The first kappa shape index (κ1) is 77.0. The van der Waals surface area contributed by atoms with E-state index in [1.807, 2.05) is 72.8 Å². The van der Waals surface area contributed by atoms with Gasteiger partial charge in [0.15, 0.2) is 25.2 Å². The highest BCUT2D eigenvalue weighted by molar-refractivity contribution is 7.90. The van der Waals surface area contributed by atoms with Crippen molar-refractivity contribution in [2.75, 3.05) is 186 Å². The van der Waals surface area contributed by atoms with Gasteiger partial charge in [0.05, 0.1) is 81.3 Å². The van der Waals surface area contributed by atoms with Crippen molar-refractivity contribution in [2.45, 2.75) is 4.90 Å². The van der Waals surface area contributed by atoms with Gasteiger partial charge in [-0.3, -0.25) is 29.4 Å². The normalized spacial score (nSPS) is 16.0. The Kier molecular flexibility index (Phi) is 22.5. The van der Waals surface area contributed by atoms with Gasteiger partial charge in [-0.05, 0) is 138 Å². The summed E-state index contributed by atoms with van der Waals surface area (Å²) in [6.45, 7) is 11.4. The number of anilines is 12. The number of thiazole rings is 3. The van der Waals surface area contributed by atoms with E-state index >= 15 is 0 Å². The molecule has 0 bridgehead atoms. The van der Waals surface area contributed by atoms with Crippen molar-refractivity contribution in [3.8, 4) is 65.5 Å². The predicted octanol–water partition coefficient (Wildman–Crippen LogP) is 12.7.